The van der Waals surface area contributed by atoms with E-state index in [-0.39, 0.29) is 0 Å². The molecule has 22 heavy (non-hydrogen) atoms. The monoisotopic (exact) mass is 296 g/mol. The Hall–Kier alpha value is -2.20. The van der Waals surface area contributed by atoms with Crippen LogP contribution in [0, 0.1) is 0 Å². The van der Waals surface area contributed by atoms with Gasteiger partial charge in [-0.1, -0.05) is 18.2 Å². The molecule has 2 aromatic rings. The molecule has 4 rings (SSSR count). The molecule has 0 aromatic heterocycles. The van der Waals surface area contributed by atoms with E-state index in [2.05, 4.69) is 41.0 Å². The number of fused-ring (bicyclic) bond motifs is 2. The van der Waals surface area contributed by atoms with Gasteiger partial charge in [0.1, 0.15) is 0 Å². The van der Waals surface area contributed by atoms with Gasteiger partial charge < -0.3 is 20.1 Å². The molecule has 4 nitrogen and oxygen atoms in total. The smallest absolute Gasteiger partial charge is 0.231 e. The van der Waals surface area contributed by atoms with E-state index >= 15 is 0 Å². The molecular weight excluding hydrogens is 276 g/mol. The SMILES string of the molecule is c1cc2c(cc1CCNCc1ccc3c(c1)OCO3)CCN2. The first-order valence-corrected chi connectivity index (χ1v) is 7.83. The highest BCUT2D eigenvalue weighted by molar-refractivity contribution is 5.56. The van der Waals surface area contributed by atoms with Gasteiger partial charge in [0.2, 0.25) is 6.79 Å². The molecule has 0 fully saturated rings. The maximum atomic E-state index is 5.40. The lowest BCUT2D eigenvalue weighted by molar-refractivity contribution is 0.174. The average Bonchev–Trinajstić information content (AvgIpc) is 3.19. The molecule has 0 amide bonds. The number of anilines is 1. The lowest BCUT2D eigenvalue weighted by atomic mass is 10.1. The highest BCUT2D eigenvalue weighted by atomic mass is 16.7. The number of hydrogen-bond donors (Lipinski definition) is 2. The third kappa shape index (κ3) is 2.74. The summed E-state index contributed by atoms with van der Waals surface area (Å²) in [6.45, 7) is 3.23. The van der Waals surface area contributed by atoms with Gasteiger partial charge in [0, 0.05) is 18.8 Å². The molecule has 2 aliphatic heterocycles. The van der Waals surface area contributed by atoms with E-state index in [0.29, 0.717) is 6.79 Å². The van der Waals surface area contributed by atoms with Crippen molar-refractivity contribution < 1.29 is 9.47 Å². The van der Waals surface area contributed by atoms with Crippen molar-refractivity contribution in [2.75, 3.05) is 25.2 Å². The van der Waals surface area contributed by atoms with Gasteiger partial charge in [-0.25, -0.2) is 0 Å². The summed E-state index contributed by atoms with van der Waals surface area (Å²) in [6, 6.07) is 12.9. The Bertz CT molecular complexity index is 625. The largest absolute Gasteiger partial charge is 0.454 e. The van der Waals surface area contributed by atoms with Crippen molar-refractivity contribution in [3.63, 3.8) is 0 Å². The predicted octanol–water partition coefficient (Wildman–Crippen LogP) is 2.72. The molecule has 0 saturated heterocycles. The first kappa shape index (κ1) is 13.5. The van der Waals surface area contributed by atoms with E-state index in [4.69, 9.17) is 9.47 Å². The standard InChI is InChI=1S/C18H20N2O2/c1-3-16-15(6-8-20-16)9-13(1)5-7-19-11-14-2-4-17-18(10-14)22-12-21-17/h1-4,9-10,19-20H,5-8,11-12H2. The molecule has 0 aliphatic carbocycles. The quantitative estimate of drug-likeness (QED) is 0.833. The lowest BCUT2D eigenvalue weighted by Gasteiger charge is -2.07. The van der Waals surface area contributed by atoms with E-state index in [1.165, 1.54) is 22.4 Å². The minimum atomic E-state index is 0.333. The third-order valence-electron chi connectivity index (χ3n) is 4.24. The fourth-order valence-corrected chi connectivity index (χ4v) is 3.03. The van der Waals surface area contributed by atoms with Crippen molar-refractivity contribution in [3.8, 4) is 11.5 Å². The zero-order chi connectivity index (χ0) is 14.8. The van der Waals surface area contributed by atoms with Crippen LogP contribution >= 0.6 is 0 Å². The van der Waals surface area contributed by atoms with Gasteiger partial charge in [0.25, 0.3) is 0 Å². The summed E-state index contributed by atoms with van der Waals surface area (Å²) in [5, 5.41) is 6.90. The minimum Gasteiger partial charge on any atom is -0.454 e. The van der Waals surface area contributed by atoms with Crippen molar-refractivity contribution in [1.29, 1.82) is 0 Å². The molecule has 0 saturated carbocycles. The van der Waals surface area contributed by atoms with Crippen LogP contribution in [0.25, 0.3) is 0 Å². The van der Waals surface area contributed by atoms with Crippen LogP contribution in [0.2, 0.25) is 0 Å². The fourth-order valence-electron chi connectivity index (χ4n) is 3.03. The summed E-state index contributed by atoms with van der Waals surface area (Å²) in [5.41, 5.74) is 5.38. The van der Waals surface area contributed by atoms with Crippen LogP contribution in [0.5, 0.6) is 11.5 Å². The minimum absolute atomic E-state index is 0.333. The van der Waals surface area contributed by atoms with Crippen molar-refractivity contribution >= 4 is 5.69 Å². The molecule has 2 aromatic carbocycles. The molecular formula is C18H20N2O2. The van der Waals surface area contributed by atoms with Gasteiger partial charge >= 0.3 is 0 Å². The van der Waals surface area contributed by atoms with Crippen LogP contribution in [0.3, 0.4) is 0 Å². The zero-order valence-corrected chi connectivity index (χ0v) is 12.5. The Morgan fingerprint density at radius 2 is 1.91 bits per heavy atom. The summed E-state index contributed by atoms with van der Waals surface area (Å²) in [7, 11) is 0. The molecule has 0 radical (unpaired) electrons. The van der Waals surface area contributed by atoms with Crippen LogP contribution in [0.1, 0.15) is 16.7 Å². The molecule has 0 unspecified atom stereocenters. The van der Waals surface area contributed by atoms with E-state index in [0.717, 1.165) is 44.0 Å². The second-order valence-electron chi connectivity index (χ2n) is 5.78. The van der Waals surface area contributed by atoms with E-state index in [1.807, 2.05) is 6.07 Å². The lowest BCUT2D eigenvalue weighted by Crippen LogP contribution is -2.16. The number of rotatable bonds is 5. The molecule has 0 atom stereocenters. The van der Waals surface area contributed by atoms with Gasteiger partial charge in [-0.2, -0.15) is 0 Å². The van der Waals surface area contributed by atoms with E-state index < -0.39 is 0 Å². The topological polar surface area (TPSA) is 42.5 Å². The van der Waals surface area contributed by atoms with Crippen LogP contribution < -0.4 is 20.1 Å². The van der Waals surface area contributed by atoms with Crippen molar-refractivity contribution in [1.82, 2.24) is 5.32 Å². The Morgan fingerprint density at radius 3 is 2.91 bits per heavy atom. The van der Waals surface area contributed by atoms with E-state index in [9.17, 15) is 0 Å². The van der Waals surface area contributed by atoms with Gasteiger partial charge in [-0.15, -0.1) is 0 Å². The number of benzene rings is 2. The normalized spacial score (nSPS) is 14.7. The van der Waals surface area contributed by atoms with Crippen LogP contribution in [-0.4, -0.2) is 19.9 Å². The summed E-state index contributed by atoms with van der Waals surface area (Å²) < 4.78 is 10.7. The van der Waals surface area contributed by atoms with Gasteiger partial charge in [-0.05, 0) is 54.3 Å². The van der Waals surface area contributed by atoms with Crippen LogP contribution in [-0.2, 0) is 19.4 Å². The fraction of sp³-hybridized carbons (Fsp3) is 0.333. The van der Waals surface area contributed by atoms with Gasteiger partial charge in [0.05, 0.1) is 0 Å². The Kier molecular flexibility index (Phi) is 3.60. The highest BCUT2D eigenvalue weighted by Crippen LogP contribution is 2.32. The summed E-state index contributed by atoms with van der Waals surface area (Å²) in [4.78, 5) is 0. The number of nitrogens with one attached hydrogen (secondary N) is 2. The predicted molar refractivity (Wildman–Crippen MR) is 86.6 cm³/mol. The Balaban J connectivity index is 1.29. The van der Waals surface area contributed by atoms with Crippen LogP contribution in [0.15, 0.2) is 36.4 Å². The van der Waals surface area contributed by atoms with Crippen molar-refractivity contribution in [3.05, 3.63) is 53.1 Å². The molecule has 2 N–H and O–H groups in total. The first-order chi connectivity index (χ1) is 10.9. The van der Waals surface area contributed by atoms with Crippen molar-refractivity contribution in [2.45, 2.75) is 19.4 Å². The first-order valence-electron chi connectivity index (χ1n) is 7.83. The number of ether oxygens (including phenoxy) is 2. The van der Waals surface area contributed by atoms with Crippen molar-refractivity contribution in [2.24, 2.45) is 0 Å². The summed E-state index contributed by atoms with van der Waals surface area (Å²) in [5.74, 6) is 1.70. The summed E-state index contributed by atoms with van der Waals surface area (Å²) >= 11 is 0. The second kappa shape index (κ2) is 5.89. The van der Waals surface area contributed by atoms with Crippen LogP contribution in [0.4, 0.5) is 5.69 Å². The Morgan fingerprint density at radius 1 is 1.00 bits per heavy atom. The molecule has 114 valence electrons. The maximum absolute atomic E-state index is 5.40. The molecule has 4 heteroatoms. The van der Waals surface area contributed by atoms with Gasteiger partial charge in [0.15, 0.2) is 11.5 Å². The molecule has 0 bridgehead atoms. The summed E-state index contributed by atoms with van der Waals surface area (Å²) in [6.07, 6.45) is 2.20. The molecule has 0 spiro atoms. The average molecular weight is 296 g/mol. The van der Waals surface area contributed by atoms with Gasteiger partial charge in [-0.3, -0.25) is 0 Å². The third-order valence-corrected chi connectivity index (χ3v) is 4.24. The second-order valence-corrected chi connectivity index (χ2v) is 5.78. The zero-order valence-electron chi connectivity index (χ0n) is 12.5. The van der Waals surface area contributed by atoms with E-state index in [1.54, 1.807) is 0 Å². The maximum Gasteiger partial charge on any atom is 0.231 e. The molecule has 2 aliphatic rings. The highest BCUT2D eigenvalue weighted by Gasteiger charge is 2.13. The Labute approximate surface area is 130 Å². The molecule has 2 heterocycles. The number of hydrogen-bond acceptors (Lipinski definition) is 4.